The number of rotatable bonds is 60. The Bertz CT molecular complexity index is 3440. The van der Waals surface area contributed by atoms with Gasteiger partial charge in [0.15, 0.2) is 0 Å². The lowest BCUT2D eigenvalue weighted by molar-refractivity contribution is -0.144. The molecule has 676 valence electrons. The molecule has 0 fully saturated rings. The summed E-state index contributed by atoms with van der Waals surface area (Å²) in [6.45, 7) is 14.3. The maximum absolute atomic E-state index is 14.2. The number of aliphatic hydroxyl groups excluding tert-OH is 3. The van der Waals surface area contributed by atoms with Crippen LogP contribution < -0.4 is 102 Å². The minimum absolute atomic E-state index is 0.00779. The number of carboxylic acid groups (broad SMARTS) is 4. The maximum Gasteiger partial charge on any atom is 0.326 e. The molecule has 0 aromatic heterocycles. The summed E-state index contributed by atoms with van der Waals surface area (Å²) in [5.41, 5.74) is 17.2. The highest BCUT2D eigenvalue weighted by molar-refractivity contribution is 6.01. The molecule has 0 saturated carbocycles. The Labute approximate surface area is 689 Å². The molecule has 0 radical (unpaired) electrons. The van der Waals surface area contributed by atoms with Crippen molar-refractivity contribution in [3.63, 3.8) is 0 Å². The van der Waals surface area contributed by atoms with E-state index in [0.717, 1.165) is 6.92 Å². The highest BCUT2D eigenvalue weighted by Crippen LogP contribution is 2.15. The van der Waals surface area contributed by atoms with Crippen LogP contribution in [-0.2, 0) is 95.9 Å². The third-order valence-corrected chi connectivity index (χ3v) is 17.7. The van der Waals surface area contributed by atoms with E-state index in [1.165, 1.54) is 34.6 Å². The van der Waals surface area contributed by atoms with Gasteiger partial charge in [-0.1, -0.05) is 75.7 Å². The first-order valence-corrected chi connectivity index (χ1v) is 39.2. The molecule has 0 heterocycles. The number of aliphatic hydroxyl groups is 3. The molecule has 0 bridgehead atoms. The molecule has 16 amide bonds. The molecule has 15 atom stereocenters. The van der Waals surface area contributed by atoms with E-state index in [4.69, 9.17) is 27.4 Å². The van der Waals surface area contributed by atoms with Crippen molar-refractivity contribution in [1.29, 1.82) is 0 Å². The van der Waals surface area contributed by atoms with E-state index in [9.17, 15) is 121 Å². The molecular formula is C73H127N19O27. The van der Waals surface area contributed by atoms with E-state index in [0.29, 0.717) is 32.2 Å². The number of aliphatic carboxylic acids is 4. The molecule has 0 saturated heterocycles. The summed E-state index contributed by atoms with van der Waals surface area (Å²) in [7, 11) is 0. The number of carbonyl (C=O) groups excluding carboxylic acids is 16. The van der Waals surface area contributed by atoms with Crippen molar-refractivity contribution in [2.45, 2.75) is 264 Å². The van der Waals surface area contributed by atoms with Crippen molar-refractivity contribution in [3.05, 3.63) is 0 Å². The van der Waals surface area contributed by atoms with Gasteiger partial charge in [-0.3, -0.25) is 91.1 Å². The van der Waals surface area contributed by atoms with Gasteiger partial charge in [0.25, 0.3) is 0 Å². The monoisotopic (exact) mass is 1700 g/mol. The van der Waals surface area contributed by atoms with Crippen LogP contribution in [0.3, 0.4) is 0 Å². The van der Waals surface area contributed by atoms with Crippen molar-refractivity contribution in [3.8, 4) is 0 Å². The van der Waals surface area contributed by atoms with Crippen LogP contribution >= 0.6 is 0 Å². The molecule has 119 heavy (non-hydrogen) atoms. The first-order chi connectivity index (χ1) is 55.5. The van der Waals surface area contributed by atoms with Gasteiger partial charge in [0.05, 0.1) is 51.4 Å². The SMILES string of the molecule is CC(C)C[C@H](NC(=O)[C@H](CCCCN)NC(=O)[C@H](CO)NC(=O)[C@@H](N)CCCCN)C(=O)NCC(=O)N[C@@H](CC(=O)O)C(=O)N[C@@H](CC(C)C)C(=O)N[C@H](C(=O)N[C@H](C(=O)N[C@H](C(=O)N[C@@H](CO)C(=O)N[C@@H](CC(C)C)C(=O)N[C@@H](C)C(=O)NCC(=O)NCC(=O)N[C@@H](CCC(=O)O)C(=O)N[C@@H](CCC(=O)O)C(=O)O)C(C)C)[C@@H](C)O)C(C)C. The summed E-state index contributed by atoms with van der Waals surface area (Å²) in [6.07, 6.45) is -3.47. The Morgan fingerprint density at radius 2 is 0.630 bits per heavy atom. The van der Waals surface area contributed by atoms with Gasteiger partial charge in [-0.05, 0) is 121 Å². The van der Waals surface area contributed by atoms with Crippen LogP contribution in [0.15, 0.2) is 0 Å². The molecule has 0 unspecified atom stereocenters. The minimum Gasteiger partial charge on any atom is -0.481 e. The van der Waals surface area contributed by atoms with Gasteiger partial charge in [0, 0.05) is 12.8 Å². The normalized spacial score (nSPS) is 15.0. The van der Waals surface area contributed by atoms with E-state index in [2.05, 4.69) is 79.8 Å². The molecule has 29 N–H and O–H groups in total. The molecule has 46 heteroatoms. The van der Waals surface area contributed by atoms with Gasteiger partial charge in [-0.15, -0.1) is 0 Å². The first-order valence-electron chi connectivity index (χ1n) is 39.2. The van der Waals surface area contributed by atoms with Crippen LogP contribution in [0.4, 0.5) is 0 Å². The van der Waals surface area contributed by atoms with Crippen LogP contribution in [0, 0.1) is 29.6 Å². The highest BCUT2D eigenvalue weighted by atomic mass is 16.4. The fourth-order valence-electron chi connectivity index (χ4n) is 11.2. The summed E-state index contributed by atoms with van der Waals surface area (Å²) in [6, 6.07) is -21.9. The quantitative estimate of drug-likeness (QED) is 0.0252. The molecule has 46 nitrogen and oxygen atoms in total. The van der Waals surface area contributed by atoms with Crippen LogP contribution in [0.1, 0.15) is 173 Å². The van der Waals surface area contributed by atoms with Crippen molar-refractivity contribution < 1.29 is 132 Å². The van der Waals surface area contributed by atoms with Gasteiger partial charge in [-0.25, -0.2) is 4.79 Å². The molecular weight excluding hydrogens is 1570 g/mol. The first kappa shape index (κ1) is 108. The minimum atomic E-state index is -1.91. The molecule has 0 aliphatic carbocycles. The second-order valence-electron chi connectivity index (χ2n) is 30.5. The summed E-state index contributed by atoms with van der Waals surface area (Å²) in [5.74, 6) is -25.1. The Balaban J connectivity index is 6.33. The standard InChI is InChI=1S/C73H127N19O27/c1-34(2)25-45(85-63(108)42(18-14-16-24-75)83-68(113)49(32-93)88-61(106)41(76)17-13-15-23-74)62(107)79-31-53(98)82-48(28-56(103)104)66(111)86-47(27-36(5)6)67(112)90-58(38(9)10)71(116)92-59(40(12)95)72(117)91-57(37(7)8)70(115)89-50(33-94)69(114)87-46(26-35(3)4)65(110)80-39(11)60(105)78-29-51(96)77-30-52(97)81-43(19-21-54(99)100)64(109)84-44(73(118)119)20-22-55(101)102/h34-50,57-59,93-95H,13-33,74-76H2,1-12H3,(H,77,96)(H,78,105)(H,79,107)(H,80,110)(H,81,97)(H,82,98)(H,83,113)(H,84,109)(H,85,108)(H,86,111)(H,87,114)(H,88,106)(H,89,115)(H,90,112)(H,91,117)(H,92,116)(H,99,100)(H,101,102)(H,103,104)(H,118,119)/t39-,40+,41-,42-,43-,44-,45-,46-,47-,48-,49-,50-,57-,58-,59-/m0/s1. The van der Waals surface area contributed by atoms with Gasteiger partial charge >= 0.3 is 23.9 Å². The number of unbranched alkanes of at least 4 members (excludes halogenated alkanes) is 2. The van der Waals surface area contributed by atoms with Crippen LogP contribution in [0.2, 0.25) is 0 Å². The van der Waals surface area contributed by atoms with Crippen molar-refractivity contribution >= 4 is 118 Å². The predicted octanol–water partition coefficient (Wildman–Crippen LogP) is -8.65. The Hall–Kier alpha value is -10.8. The zero-order valence-corrected chi connectivity index (χ0v) is 69.4. The number of hydrogen-bond acceptors (Lipinski definition) is 26. The third kappa shape index (κ3) is 44.0. The molecule has 0 aromatic carbocycles. The van der Waals surface area contributed by atoms with Gasteiger partial charge in [-0.2, -0.15) is 0 Å². The molecule has 0 aromatic rings. The average Bonchev–Trinajstić information content (AvgIpc) is 0.840. The van der Waals surface area contributed by atoms with Gasteiger partial charge in [0.1, 0.15) is 78.5 Å². The summed E-state index contributed by atoms with van der Waals surface area (Å²) in [4.78, 5) is 263. The average molecular weight is 1700 g/mol. The van der Waals surface area contributed by atoms with Gasteiger partial charge < -0.3 is 138 Å². The second kappa shape index (κ2) is 56.5. The van der Waals surface area contributed by atoms with Crippen molar-refractivity contribution in [2.24, 2.45) is 46.8 Å². The summed E-state index contributed by atoms with van der Waals surface area (Å²) in [5, 5.41) is 106. The largest absolute Gasteiger partial charge is 0.481 e. The second-order valence-corrected chi connectivity index (χ2v) is 30.5. The smallest absolute Gasteiger partial charge is 0.326 e. The molecule has 0 aliphatic rings. The Morgan fingerprint density at radius 1 is 0.303 bits per heavy atom. The fraction of sp³-hybridized carbons (Fsp3) is 0.726. The number of nitrogens with one attached hydrogen (secondary N) is 16. The number of carboxylic acids is 4. The number of amides is 16. The number of nitrogens with two attached hydrogens (primary N) is 3. The zero-order chi connectivity index (χ0) is 91.3. The molecule has 0 aliphatic heterocycles. The lowest BCUT2D eigenvalue weighted by Crippen LogP contribution is -2.63. The van der Waals surface area contributed by atoms with Crippen LogP contribution in [0.25, 0.3) is 0 Å². The number of hydrogen-bond donors (Lipinski definition) is 26. The number of carbonyl (C=O) groups is 20. The topological polar surface area (TPSA) is 754 Å². The van der Waals surface area contributed by atoms with Crippen LogP contribution in [-0.4, -0.2) is 291 Å². The lowest BCUT2D eigenvalue weighted by Gasteiger charge is -2.30. The lowest BCUT2D eigenvalue weighted by atomic mass is 9.98. The van der Waals surface area contributed by atoms with E-state index < -0.39 is 292 Å². The third-order valence-electron chi connectivity index (χ3n) is 17.7. The summed E-state index contributed by atoms with van der Waals surface area (Å²) < 4.78 is 0. The van der Waals surface area contributed by atoms with E-state index >= 15 is 0 Å². The van der Waals surface area contributed by atoms with Crippen LogP contribution in [0.5, 0.6) is 0 Å². The Morgan fingerprint density at radius 3 is 1.06 bits per heavy atom. The zero-order valence-electron chi connectivity index (χ0n) is 69.4. The fourth-order valence-corrected chi connectivity index (χ4v) is 11.2. The predicted molar refractivity (Wildman–Crippen MR) is 421 cm³/mol. The van der Waals surface area contributed by atoms with Crippen molar-refractivity contribution in [2.75, 3.05) is 45.9 Å². The van der Waals surface area contributed by atoms with E-state index in [1.54, 1.807) is 41.5 Å². The molecule has 0 rings (SSSR count). The highest BCUT2D eigenvalue weighted by Gasteiger charge is 2.40. The Kier molecular flexibility index (Phi) is 51.4. The van der Waals surface area contributed by atoms with Gasteiger partial charge in [0.2, 0.25) is 94.5 Å². The molecule has 0 spiro atoms. The van der Waals surface area contributed by atoms with E-state index in [-0.39, 0.29) is 50.5 Å². The van der Waals surface area contributed by atoms with Crippen molar-refractivity contribution in [1.82, 2.24) is 85.1 Å². The van der Waals surface area contributed by atoms with E-state index in [1.807, 2.05) is 5.32 Å². The summed E-state index contributed by atoms with van der Waals surface area (Å²) >= 11 is 0. The maximum atomic E-state index is 14.2.